The minimum absolute atomic E-state index is 0.235. The molecule has 0 heterocycles. The van der Waals surface area contributed by atoms with Gasteiger partial charge in [0.2, 0.25) is 0 Å². The zero-order chi connectivity index (χ0) is 12.0. The molecule has 3 heteroatoms. The summed E-state index contributed by atoms with van der Waals surface area (Å²) in [6.45, 7) is 4.28. The van der Waals surface area contributed by atoms with Crippen LogP contribution in [-0.2, 0) is 16.0 Å². The third-order valence-electron chi connectivity index (χ3n) is 2.53. The molecule has 0 amide bonds. The highest BCUT2D eigenvalue weighted by Gasteiger charge is 2.14. The van der Waals surface area contributed by atoms with Gasteiger partial charge in [-0.25, -0.2) is 0 Å². The van der Waals surface area contributed by atoms with Crippen LogP contribution < -0.4 is 5.73 Å². The lowest BCUT2D eigenvalue weighted by Crippen LogP contribution is -2.18. The van der Waals surface area contributed by atoms with Gasteiger partial charge in [0.05, 0.1) is 13.0 Å². The van der Waals surface area contributed by atoms with Crippen molar-refractivity contribution in [1.29, 1.82) is 0 Å². The Morgan fingerprint density at radius 1 is 1.38 bits per heavy atom. The van der Waals surface area contributed by atoms with Crippen molar-refractivity contribution in [3.8, 4) is 0 Å². The van der Waals surface area contributed by atoms with Crippen LogP contribution in [0.2, 0.25) is 0 Å². The zero-order valence-electron chi connectivity index (χ0n) is 9.90. The molecule has 0 radical (unpaired) electrons. The Kier molecular flexibility index (Phi) is 4.99. The van der Waals surface area contributed by atoms with E-state index in [2.05, 4.69) is 6.92 Å². The normalized spacial score (nSPS) is 12.2. The van der Waals surface area contributed by atoms with Crippen LogP contribution in [-0.4, -0.2) is 12.6 Å². The summed E-state index contributed by atoms with van der Waals surface area (Å²) >= 11 is 0. The maximum atomic E-state index is 11.3. The van der Waals surface area contributed by atoms with Crippen molar-refractivity contribution < 1.29 is 9.53 Å². The number of nitrogens with two attached hydrogens (primary N) is 1. The molecule has 0 aliphatic rings. The largest absolute Gasteiger partial charge is 0.466 e. The summed E-state index contributed by atoms with van der Waals surface area (Å²) in [5.74, 6) is -0.235. The Bertz CT molecular complexity index is 350. The van der Waals surface area contributed by atoms with Gasteiger partial charge in [-0.3, -0.25) is 4.79 Å². The number of aryl methyl sites for hydroxylation is 1. The minimum atomic E-state index is -0.268. The highest BCUT2D eigenvalue weighted by molar-refractivity contribution is 5.70. The fraction of sp³-hybridized carbons (Fsp3) is 0.462. The molecule has 0 bridgehead atoms. The van der Waals surface area contributed by atoms with Crippen molar-refractivity contribution in [2.45, 2.75) is 32.7 Å². The molecule has 88 valence electrons. The number of benzene rings is 1. The van der Waals surface area contributed by atoms with Gasteiger partial charge in [-0.2, -0.15) is 0 Å². The van der Waals surface area contributed by atoms with E-state index < -0.39 is 0 Å². The third kappa shape index (κ3) is 3.35. The molecule has 0 spiro atoms. The Morgan fingerprint density at radius 3 is 2.69 bits per heavy atom. The van der Waals surface area contributed by atoms with Crippen molar-refractivity contribution in [2.24, 2.45) is 5.73 Å². The predicted molar refractivity (Wildman–Crippen MR) is 64.0 cm³/mol. The number of hydrogen-bond donors (Lipinski definition) is 1. The average Bonchev–Trinajstić information content (AvgIpc) is 2.29. The third-order valence-corrected chi connectivity index (χ3v) is 2.53. The SMILES string of the molecule is CCOC(=O)C[C@H](N)c1ccccc1CC. The van der Waals surface area contributed by atoms with Crippen molar-refractivity contribution >= 4 is 5.97 Å². The molecule has 0 aromatic heterocycles. The lowest BCUT2D eigenvalue weighted by atomic mass is 9.97. The lowest BCUT2D eigenvalue weighted by Gasteiger charge is -2.14. The molecular formula is C13H19NO2. The summed E-state index contributed by atoms with van der Waals surface area (Å²) in [5.41, 5.74) is 8.24. The Balaban J connectivity index is 2.72. The topological polar surface area (TPSA) is 52.3 Å². The molecule has 0 saturated carbocycles. The Hall–Kier alpha value is -1.35. The van der Waals surface area contributed by atoms with Gasteiger partial charge in [-0.05, 0) is 24.5 Å². The van der Waals surface area contributed by atoms with Crippen molar-refractivity contribution in [2.75, 3.05) is 6.61 Å². The van der Waals surface area contributed by atoms with Gasteiger partial charge < -0.3 is 10.5 Å². The summed E-state index contributed by atoms with van der Waals surface area (Å²) in [7, 11) is 0. The van der Waals surface area contributed by atoms with Crippen LogP contribution in [0.5, 0.6) is 0 Å². The number of rotatable bonds is 5. The number of esters is 1. The van der Waals surface area contributed by atoms with E-state index in [4.69, 9.17) is 10.5 Å². The first kappa shape index (κ1) is 12.7. The molecule has 16 heavy (non-hydrogen) atoms. The van der Waals surface area contributed by atoms with Crippen molar-refractivity contribution in [3.63, 3.8) is 0 Å². The quantitative estimate of drug-likeness (QED) is 0.775. The van der Waals surface area contributed by atoms with E-state index in [1.165, 1.54) is 5.56 Å². The number of carbonyl (C=O) groups is 1. The van der Waals surface area contributed by atoms with Gasteiger partial charge >= 0.3 is 5.97 Å². The molecule has 3 nitrogen and oxygen atoms in total. The van der Waals surface area contributed by atoms with E-state index in [0.717, 1.165) is 12.0 Å². The Labute approximate surface area is 96.6 Å². The lowest BCUT2D eigenvalue weighted by molar-refractivity contribution is -0.143. The second-order valence-corrected chi connectivity index (χ2v) is 3.67. The van der Waals surface area contributed by atoms with E-state index in [9.17, 15) is 4.79 Å². The zero-order valence-corrected chi connectivity index (χ0v) is 9.90. The molecule has 1 aromatic carbocycles. The average molecular weight is 221 g/mol. The van der Waals surface area contributed by atoms with E-state index in [0.29, 0.717) is 6.61 Å². The molecule has 2 N–H and O–H groups in total. The molecule has 1 atom stereocenters. The predicted octanol–water partition coefficient (Wildman–Crippen LogP) is 2.20. The first-order valence-electron chi connectivity index (χ1n) is 5.68. The first-order valence-corrected chi connectivity index (χ1v) is 5.68. The maximum Gasteiger partial charge on any atom is 0.307 e. The molecule has 0 aliphatic heterocycles. The fourth-order valence-electron chi connectivity index (χ4n) is 1.73. The van der Waals surface area contributed by atoms with Gasteiger partial charge in [-0.1, -0.05) is 31.2 Å². The van der Waals surface area contributed by atoms with Crippen molar-refractivity contribution in [1.82, 2.24) is 0 Å². The van der Waals surface area contributed by atoms with E-state index in [1.54, 1.807) is 6.92 Å². The minimum Gasteiger partial charge on any atom is -0.466 e. The second-order valence-electron chi connectivity index (χ2n) is 3.67. The van der Waals surface area contributed by atoms with Crippen LogP contribution in [0, 0.1) is 0 Å². The molecule has 1 aromatic rings. The van der Waals surface area contributed by atoms with Gasteiger partial charge in [-0.15, -0.1) is 0 Å². The molecule has 0 aliphatic carbocycles. The second kappa shape index (κ2) is 6.28. The molecule has 0 fully saturated rings. The van der Waals surface area contributed by atoms with Crippen LogP contribution >= 0.6 is 0 Å². The number of carbonyl (C=O) groups excluding carboxylic acids is 1. The summed E-state index contributed by atoms with van der Waals surface area (Å²) < 4.78 is 4.89. The molecular weight excluding hydrogens is 202 g/mol. The summed E-state index contributed by atoms with van der Waals surface area (Å²) in [6, 6.07) is 7.68. The van der Waals surface area contributed by atoms with E-state index in [1.807, 2.05) is 24.3 Å². The van der Waals surface area contributed by atoms with E-state index in [-0.39, 0.29) is 18.4 Å². The van der Waals surface area contributed by atoms with Gasteiger partial charge in [0.15, 0.2) is 0 Å². The summed E-state index contributed by atoms with van der Waals surface area (Å²) in [5, 5.41) is 0. The van der Waals surface area contributed by atoms with E-state index >= 15 is 0 Å². The number of ether oxygens (including phenoxy) is 1. The van der Waals surface area contributed by atoms with Crippen molar-refractivity contribution in [3.05, 3.63) is 35.4 Å². The number of hydrogen-bond acceptors (Lipinski definition) is 3. The van der Waals surface area contributed by atoms with Crippen LogP contribution in [0.15, 0.2) is 24.3 Å². The van der Waals surface area contributed by atoms with Crippen LogP contribution in [0.4, 0.5) is 0 Å². The van der Waals surface area contributed by atoms with Crippen LogP contribution in [0.3, 0.4) is 0 Å². The Morgan fingerprint density at radius 2 is 2.06 bits per heavy atom. The maximum absolute atomic E-state index is 11.3. The first-order chi connectivity index (χ1) is 7.69. The highest BCUT2D eigenvalue weighted by Crippen LogP contribution is 2.19. The summed E-state index contributed by atoms with van der Waals surface area (Å²) in [6.07, 6.45) is 1.16. The molecule has 0 unspecified atom stereocenters. The molecule has 1 rings (SSSR count). The van der Waals surface area contributed by atoms with Crippen LogP contribution in [0.1, 0.15) is 37.4 Å². The smallest absolute Gasteiger partial charge is 0.307 e. The van der Waals surface area contributed by atoms with Gasteiger partial charge in [0, 0.05) is 6.04 Å². The summed E-state index contributed by atoms with van der Waals surface area (Å²) in [4.78, 5) is 11.3. The monoisotopic (exact) mass is 221 g/mol. The fourth-order valence-corrected chi connectivity index (χ4v) is 1.73. The standard InChI is InChI=1S/C13H19NO2/c1-3-10-7-5-6-8-11(10)12(14)9-13(15)16-4-2/h5-8,12H,3-4,9,14H2,1-2H3/t12-/m0/s1. The van der Waals surface area contributed by atoms with Crippen LogP contribution in [0.25, 0.3) is 0 Å². The molecule has 0 saturated heterocycles. The van der Waals surface area contributed by atoms with Gasteiger partial charge in [0.1, 0.15) is 0 Å². The van der Waals surface area contributed by atoms with Gasteiger partial charge in [0.25, 0.3) is 0 Å². The highest BCUT2D eigenvalue weighted by atomic mass is 16.5.